The number of thiophene rings is 2. The fourth-order valence-electron chi connectivity index (χ4n) is 1.41. The first kappa shape index (κ1) is 14.1. The molecule has 0 bridgehead atoms. The van der Waals surface area contributed by atoms with Gasteiger partial charge in [-0.15, -0.1) is 0 Å². The van der Waals surface area contributed by atoms with E-state index in [2.05, 4.69) is 47.5 Å². The van der Waals surface area contributed by atoms with Crippen molar-refractivity contribution in [1.29, 1.82) is 0 Å². The van der Waals surface area contributed by atoms with Gasteiger partial charge >= 0.3 is 128 Å². The molecule has 0 atom stereocenters. The molecule has 94 valence electrons. The van der Waals surface area contributed by atoms with Crippen molar-refractivity contribution in [3.05, 3.63) is 24.3 Å². The van der Waals surface area contributed by atoms with E-state index in [4.69, 9.17) is 0 Å². The van der Waals surface area contributed by atoms with Crippen molar-refractivity contribution >= 4 is 63.8 Å². The normalized spacial score (nSPS) is 10.3. The molecular formula is C13H13NS3Se. The Bertz CT molecular complexity index is 552. The molecule has 0 unspecified atom stereocenters. The summed E-state index contributed by atoms with van der Waals surface area (Å²) in [5, 5.41) is 4.71. The minimum absolute atomic E-state index is 0.644. The van der Waals surface area contributed by atoms with E-state index in [0.717, 1.165) is 5.00 Å². The predicted octanol–water partition coefficient (Wildman–Crippen LogP) is 4.76. The first-order chi connectivity index (χ1) is 8.83. The molecule has 2 aromatic heterocycles. The summed E-state index contributed by atoms with van der Waals surface area (Å²) >= 11 is 8.85. The number of thiocarbonyl (C=S) groups is 1. The molecule has 0 saturated heterocycles. The van der Waals surface area contributed by atoms with Gasteiger partial charge in [0.1, 0.15) is 0 Å². The molecule has 0 aromatic carbocycles. The van der Waals surface area contributed by atoms with Crippen LogP contribution < -0.4 is 3.78 Å². The molecule has 0 amide bonds. The summed E-state index contributed by atoms with van der Waals surface area (Å²) in [6.07, 6.45) is 2.64. The van der Waals surface area contributed by atoms with Crippen LogP contribution in [0.15, 0.2) is 29.3 Å². The molecule has 0 N–H and O–H groups in total. The van der Waals surface area contributed by atoms with E-state index in [9.17, 15) is 0 Å². The topological polar surface area (TPSA) is 12.4 Å². The molecule has 0 spiro atoms. The van der Waals surface area contributed by atoms with Gasteiger partial charge in [-0.1, -0.05) is 0 Å². The van der Waals surface area contributed by atoms with E-state index in [-0.39, 0.29) is 0 Å². The van der Waals surface area contributed by atoms with E-state index in [1.165, 1.54) is 27.9 Å². The van der Waals surface area contributed by atoms with Crippen LogP contribution in [0, 0.1) is 0 Å². The Labute approximate surface area is 127 Å². The fraction of sp³-hybridized carbons (Fsp3) is 0.308. The van der Waals surface area contributed by atoms with Crippen LogP contribution in [0.3, 0.4) is 0 Å². The Morgan fingerprint density at radius 3 is 2.78 bits per heavy atom. The van der Waals surface area contributed by atoms with Crippen molar-refractivity contribution in [3.63, 3.8) is 0 Å². The monoisotopic (exact) mass is 359 g/mol. The van der Waals surface area contributed by atoms with Crippen LogP contribution >= 0.6 is 34.9 Å². The fourth-order valence-corrected chi connectivity index (χ4v) is 6.34. The summed E-state index contributed by atoms with van der Waals surface area (Å²) in [5.41, 5.74) is 0. The Kier molecular flexibility index (Phi) is 5.77. The molecule has 2 rings (SSSR count). The third kappa shape index (κ3) is 3.86. The maximum absolute atomic E-state index is 4.62. The number of isothiocyanates is 1. The summed E-state index contributed by atoms with van der Waals surface area (Å²) in [4.78, 5) is 6.64. The molecule has 0 radical (unpaired) electrons. The molecule has 0 aliphatic carbocycles. The van der Waals surface area contributed by atoms with Crippen molar-refractivity contribution < 1.29 is 0 Å². The molecule has 18 heavy (non-hydrogen) atoms. The molecule has 5 heteroatoms. The van der Waals surface area contributed by atoms with E-state index in [1.54, 1.807) is 15.1 Å². The quantitative estimate of drug-likeness (QED) is 0.314. The van der Waals surface area contributed by atoms with Crippen molar-refractivity contribution in [2.24, 2.45) is 4.99 Å². The minimum atomic E-state index is 0.644. The van der Waals surface area contributed by atoms with Crippen molar-refractivity contribution in [3.8, 4) is 9.75 Å². The summed E-state index contributed by atoms with van der Waals surface area (Å²) in [7, 11) is 0. The third-order valence-electron chi connectivity index (χ3n) is 2.31. The van der Waals surface area contributed by atoms with Gasteiger partial charge in [-0.3, -0.25) is 0 Å². The van der Waals surface area contributed by atoms with E-state index in [0.29, 0.717) is 15.0 Å². The zero-order chi connectivity index (χ0) is 12.8. The van der Waals surface area contributed by atoms with Gasteiger partial charge in [0.15, 0.2) is 0 Å². The standard InChI is InChI=1S/C13H13NS3Se/c1-2-3-8-18-13-7-5-11(17-13)10-4-6-12(16-10)14-9-15/h4-7H,2-3,8H2,1H3. The van der Waals surface area contributed by atoms with Gasteiger partial charge in [0.05, 0.1) is 0 Å². The number of nitrogens with zero attached hydrogens (tertiary/aromatic N) is 1. The molecule has 1 nitrogen and oxygen atoms in total. The van der Waals surface area contributed by atoms with Gasteiger partial charge in [0, 0.05) is 0 Å². The number of unbranched alkanes of at least 4 members (excludes halogenated alkanes) is 1. The number of aliphatic imine (C=N–C) groups is 1. The van der Waals surface area contributed by atoms with Crippen LogP contribution in [0.1, 0.15) is 19.8 Å². The van der Waals surface area contributed by atoms with Crippen molar-refractivity contribution in [2.45, 2.75) is 25.1 Å². The molecule has 0 fully saturated rings. The first-order valence-electron chi connectivity index (χ1n) is 5.74. The molecule has 0 aliphatic rings. The van der Waals surface area contributed by atoms with Crippen molar-refractivity contribution in [2.75, 3.05) is 0 Å². The van der Waals surface area contributed by atoms with Crippen LogP contribution in [-0.4, -0.2) is 20.1 Å². The zero-order valence-electron chi connectivity index (χ0n) is 10.0. The number of rotatable bonds is 6. The second kappa shape index (κ2) is 7.34. The SMILES string of the molecule is CCCC[Se]c1ccc(-c2ccc(N=C=S)s2)s1. The first-order valence-corrected chi connectivity index (χ1v) is 9.85. The van der Waals surface area contributed by atoms with Gasteiger partial charge < -0.3 is 0 Å². The summed E-state index contributed by atoms with van der Waals surface area (Å²) in [6.45, 7) is 2.25. The second-order valence-electron chi connectivity index (χ2n) is 3.66. The van der Waals surface area contributed by atoms with E-state index < -0.39 is 0 Å². The average molecular weight is 358 g/mol. The van der Waals surface area contributed by atoms with Crippen LogP contribution in [-0.2, 0) is 0 Å². The van der Waals surface area contributed by atoms with Gasteiger partial charge in [-0.05, 0) is 0 Å². The second-order valence-corrected chi connectivity index (χ2v) is 8.96. The summed E-state index contributed by atoms with van der Waals surface area (Å²) in [5.74, 6) is 0. The molecule has 0 aliphatic heterocycles. The van der Waals surface area contributed by atoms with Crippen molar-refractivity contribution in [1.82, 2.24) is 0 Å². The van der Waals surface area contributed by atoms with Gasteiger partial charge in [0.2, 0.25) is 0 Å². The van der Waals surface area contributed by atoms with Crippen LogP contribution in [0.2, 0.25) is 5.32 Å². The van der Waals surface area contributed by atoms with E-state index >= 15 is 0 Å². The predicted molar refractivity (Wildman–Crippen MR) is 87.4 cm³/mol. The molecule has 2 aromatic rings. The van der Waals surface area contributed by atoms with Gasteiger partial charge in [-0.2, -0.15) is 0 Å². The van der Waals surface area contributed by atoms with Crippen LogP contribution in [0.4, 0.5) is 5.00 Å². The van der Waals surface area contributed by atoms with Crippen LogP contribution in [0.5, 0.6) is 0 Å². The Hall–Kier alpha value is -0.281. The van der Waals surface area contributed by atoms with Gasteiger partial charge in [-0.25, -0.2) is 0 Å². The Morgan fingerprint density at radius 2 is 2.00 bits per heavy atom. The maximum atomic E-state index is 4.62. The Morgan fingerprint density at radius 1 is 1.22 bits per heavy atom. The molecule has 2 heterocycles. The molecular weight excluding hydrogens is 345 g/mol. The average Bonchev–Trinajstić information content (AvgIpc) is 2.98. The number of hydrogen-bond acceptors (Lipinski definition) is 4. The number of hydrogen-bond donors (Lipinski definition) is 0. The Balaban J connectivity index is 2.06. The van der Waals surface area contributed by atoms with E-state index in [1.807, 2.05) is 17.4 Å². The van der Waals surface area contributed by atoms with Crippen LogP contribution in [0.25, 0.3) is 9.75 Å². The summed E-state index contributed by atoms with van der Waals surface area (Å²) in [6, 6.07) is 8.62. The molecule has 0 saturated carbocycles. The zero-order valence-corrected chi connectivity index (χ0v) is 14.2. The van der Waals surface area contributed by atoms with Gasteiger partial charge in [0.25, 0.3) is 0 Å². The third-order valence-corrected chi connectivity index (χ3v) is 7.51. The summed E-state index contributed by atoms with van der Waals surface area (Å²) < 4.78 is 1.54.